The molecule has 1 heterocycles. The molecular formula is C15H14N4. The fraction of sp³-hybridized carbons (Fsp3) is 0.200. The molecule has 2 aromatic rings. The van der Waals surface area contributed by atoms with Gasteiger partial charge in [0.05, 0.1) is 11.3 Å². The van der Waals surface area contributed by atoms with Crippen LogP contribution in [-0.4, -0.2) is 4.98 Å². The van der Waals surface area contributed by atoms with Crippen molar-refractivity contribution in [2.24, 2.45) is 0 Å². The Morgan fingerprint density at radius 1 is 1.21 bits per heavy atom. The van der Waals surface area contributed by atoms with Gasteiger partial charge in [0.15, 0.2) is 5.82 Å². The highest BCUT2D eigenvalue weighted by Crippen LogP contribution is 2.27. The first-order chi connectivity index (χ1) is 9.26. The second-order valence-electron chi connectivity index (χ2n) is 4.74. The molecule has 0 fully saturated rings. The lowest BCUT2D eigenvalue weighted by atomic mass is 10.1. The summed E-state index contributed by atoms with van der Waals surface area (Å²) in [4.78, 5) is 4.18. The van der Waals surface area contributed by atoms with Crippen LogP contribution in [0.1, 0.15) is 23.1 Å². The van der Waals surface area contributed by atoms with E-state index in [1.165, 1.54) is 30.2 Å². The van der Waals surface area contributed by atoms with Gasteiger partial charge in [-0.25, -0.2) is 4.98 Å². The van der Waals surface area contributed by atoms with Gasteiger partial charge in [0.25, 0.3) is 0 Å². The first-order valence-electron chi connectivity index (χ1n) is 6.31. The predicted octanol–water partition coefficient (Wildman–Crippen LogP) is 2.77. The lowest BCUT2D eigenvalue weighted by molar-refractivity contribution is 0.912. The molecule has 0 radical (unpaired) electrons. The number of nitrogens with one attached hydrogen (secondary N) is 1. The number of hydrogen-bond acceptors (Lipinski definition) is 4. The monoisotopic (exact) mass is 250 g/mol. The van der Waals surface area contributed by atoms with E-state index in [0.29, 0.717) is 17.1 Å². The first kappa shape index (κ1) is 11.5. The highest BCUT2D eigenvalue weighted by atomic mass is 15.0. The van der Waals surface area contributed by atoms with Crippen LogP contribution in [0.25, 0.3) is 0 Å². The maximum absolute atomic E-state index is 8.78. The summed E-state index contributed by atoms with van der Waals surface area (Å²) in [6, 6.07) is 10.0. The molecule has 0 unspecified atom stereocenters. The molecule has 0 aliphatic heterocycles. The maximum atomic E-state index is 8.78. The summed E-state index contributed by atoms with van der Waals surface area (Å²) in [5.74, 6) is 0.594. The fourth-order valence-electron chi connectivity index (χ4n) is 2.43. The van der Waals surface area contributed by atoms with Gasteiger partial charge < -0.3 is 11.1 Å². The van der Waals surface area contributed by atoms with Crippen molar-refractivity contribution in [3.8, 4) is 6.07 Å². The van der Waals surface area contributed by atoms with E-state index >= 15 is 0 Å². The first-order valence-corrected chi connectivity index (χ1v) is 6.31. The molecule has 0 amide bonds. The largest absolute Gasteiger partial charge is 0.396 e. The highest BCUT2D eigenvalue weighted by molar-refractivity contribution is 5.70. The van der Waals surface area contributed by atoms with Crippen molar-refractivity contribution < 1.29 is 0 Å². The number of pyridine rings is 1. The minimum Gasteiger partial charge on any atom is -0.396 e. The molecule has 1 aliphatic rings. The molecule has 94 valence electrons. The quantitative estimate of drug-likeness (QED) is 0.859. The summed E-state index contributed by atoms with van der Waals surface area (Å²) in [5.41, 5.74) is 10.7. The Morgan fingerprint density at radius 3 is 2.84 bits per heavy atom. The molecule has 1 aromatic heterocycles. The third kappa shape index (κ3) is 2.23. The van der Waals surface area contributed by atoms with E-state index in [0.717, 1.165) is 12.1 Å². The van der Waals surface area contributed by atoms with Crippen molar-refractivity contribution in [3.05, 3.63) is 47.2 Å². The fourth-order valence-corrected chi connectivity index (χ4v) is 2.43. The molecule has 0 spiro atoms. The van der Waals surface area contributed by atoms with Crippen molar-refractivity contribution in [2.45, 2.75) is 19.3 Å². The molecule has 19 heavy (non-hydrogen) atoms. The van der Waals surface area contributed by atoms with E-state index in [4.69, 9.17) is 11.0 Å². The minimum atomic E-state index is 0.469. The van der Waals surface area contributed by atoms with Gasteiger partial charge in [0.1, 0.15) is 6.07 Å². The number of aryl methyl sites for hydroxylation is 2. The Balaban J connectivity index is 1.87. The summed E-state index contributed by atoms with van der Waals surface area (Å²) >= 11 is 0. The summed E-state index contributed by atoms with van der Waals surface area (Å²) in [6.45, 7) is 0. The van der Waals surface area contributed by atoms with Gasteiger partial charge in [-0.15, -0.1) is 0 Å². The zero-order valence-corrected chi connectivity index (χ0v) is 10.5. The highest BCUT2D eigenvalue weighted by Gasteiger charge is 2.11. The molecule has 0 saturated carbocycles. The SMILES string of the molecule is N#Cc1cnc(Nc2ccc3c(c2)CCC3)c(N)c1. The molecule has 1 aromatic carbocycles. The van der Waals surface area contributed by atoms with Crippen molar-refractivity contribution in [3.63, 3.8) is 0 Å². The molecule has 1 aliphatic carbocycles. The van der Waals surface area contributed by atoms with Gasteiger partial charge >= 0.3 is 0 Å². The average molecular weight is 250 g/mol. The van der Waals surface area contributed by atoms with Crippen molar-refractivity contribution in [1.82, 2.24) is 4.98 Å². The van der Waals surface area contributed by atoms with Crippen LogP contribution in [0, 0.1) is 11.3 Å². The number of anilines is 3. The summed E-state index contributed by atoms with van der Waals surface area (Å²) < 4.78 is 0. The van der Waals surface area contributed by atoms with E-state index in [1.54, 1.807) is 6.07 Å². The van der Waals surface area contributed by atoms with Crippen LogP contribution in [0.5, 0.6) is 0 Å². The third-order valence-electron chi connectivity index (χ3n) is 3.41. The smallest absolute Gasteiger partial charge is 0.153 e. The van der Waals surface area contributed by atoms with Gasteiger partial charge in [0, 0.05) is 11.9 Å². The van der Waals surface area contributed by atoms with Gasteiger partial charge in [-0.3, -0.25) is 0 Å². The Bertz CT molecular complexity index is 670. The number of aromatic nitrogens is 1. The predicted molar refractivity (Wildman–Crippen MR) is 75.1 cm³/mol. The molecular weight excluding hydrogens is 236 g/mol. The topological polar surface area (TPSA) is 74.7 Å². The summed E-state index contributed by atoms with van der Waals surface area (Å²) in [7, 11) is 0. The Kier molecular flexibility index (Phi) is 2.81. The Morgan fingerprint density at radius 2 is 2.05 bits per heavy atom. The van der Waals surface area contributed by atoms with E-state index in [2.05, 4.69) is 22.4 Å². The Hall–Kier alpha value is -2.54. The van der Waals surface area contributed by atoms with Gasteiger partial charge in [-0.05, 0) is 48.6 Å². The molecule has 0 atom stereocenters. The van der Waals surface area contributed by atoms with E-state index in [9.17, 15) is 0 Å². The maximum Gasteiger partial charge on any atom is 0.153 e. The average Bonchev–Trinajstić information content (AvgIpc) is 2.88. The van der Waals surface area contributed by atoms with Gasteiger partial charge in [0.2, 0.25) is 0 Å². The number of benzene rings is 1. The number of nitrogen functional groups attached to an aromatic ring is 1. The van der Waals surface area contributed by atoms with Crippen molar-refractivity contribution >= 4 is 17.2 Å². The Labute approximate surface area is 111 Å². The molecule has 3 N–H and O–H groups in total. The lowest BCUT2D eigenvalue weighted by Gasteiger charge is -2.10. The van der Waals surface area contributed by atoms with Crippen LogP contribution in [0.2, 0.25) is 0 Å². The molecule has 3 rings (SSSR count). The number of rotatable bonds is 2. The van der Waals surface area contributed by atoms with Crippen LogP contribution in [0.15, 0.2) is 30.5 Å². The third-order valence-corrected chi connectivity index (χ3v) is 3.41. The second kappa shape index (κ2) is 4.62. The molecule has 4 heteroatoms. The number of nitriles is 1. The number of fused-ring (bicyclic) bond motifs is 1. The molecule has 4 nitrogen and oxygen atoms in total. The lowest BCUT2D eigenvalue weighted by Crippen LogP contribution is -2.00. The second-order valence-corrected chi connectivity index (χ2v) is 4.74. The minimum absolute atomic E-state index is 0.469. The van der Waals surface area contributed by atoms with Crippen LogP contribution in [0.3, 0.4) is 0 Å². The van der Waals surface area contributed by atoms with E-state index < -0.39 is 0 Å². The van der Waals surface area contributed by atoms with Crippen molar-refractivity contribution in [1.29, 1.82) is 5.26 Å². The van der Waals surface area contributed by atoms with Crippen LogP contribution >= 0.6 is 0 Å². The van der Waals surface area contributed by atoms with Gasteiger partial charge in [-0.2, -0.15) is 5.26 Å². The van der Waals surface area contributed by atoms with E-state index in [1.807, 2.05) is 12.1 Å². The number of nitrogens with zero attached hydrogens (tertiary/aromatic N) is 2. The number of hydrogen-bond donors (Lipinski definition) is 2. The summed E-state index contributed by atoms with van der Waals surface area (Å²) in [6.07, 6.45) is 5.07. The van der Waals surface area contributed by atoms with Crippen LogP contribution < -0.4 is 11.1 Å². The van der Waals surface area contributed by atoms with E-state index in [-0.39, 0.29) is 0 Å². The standard InChI is InChI=1S/C15H14N4/c16-8-10-6-14(17)15(18-9-10)19-13-5-4-11-2-1-3-12(11)7-13/h4-7,9H,1-3,17H2,(H,18,19). The molecule has 0 saturated heterocycles. The van der Waals surface area contributed by atoms with Gasteiger partial charge in [-0.1, -0.05) is 6.07 Å². The number of nitrogens with two attached hydrogens (primary N) is 1. The zero-order valence-electron chi connectivity index (χ0n) is 10.5. The molecule has 0 bridgehead atoms. The van der Waals surface area contributed by atoms with Crippen molar-refractivity contribution in [2.75, 3.05) is 11.1 Å². The summed E-state index contributed by atoms with van der Waals surface area (Å²) in [5, 5.41) is 12.0. The van der Waals surface area contributed by atoms with Crippen LogP contribution in [0.4, 0.5) is 17.2 Å². The normalized spacial score (nSPS) is 12.8. The van der Waals surface area contributed by atoms with Crippen LogP contribution in [-0.2, 0) is 12.8 Å². The zero-order chi connectivity index (χ0) is 13.2.